The van der Waals surface area contributed by atoms with Gasteiger partial charge in [-0.2, -0.15) is 5.10 Å². The number of rotatable bonds is 6. The van der Waals surface area contributed by atoms with E-state index in [1.807, 2.05) is 48.9 Å². The molecule has 1 N–H and O–H groups in total. The summed E-state index contributed by atoms with van der Waals surface area (Å²) < 4.78 is 8.44. The highest BCUT2D eigenvalue weighted by atomic mass is 79.9. The van der Waals surface area contributed by atoms with E-state index in [1.54, 1.807) is 18.3 Å². The first-order valence-electron chi connectivity index (χ1n) is 8.20. The van der Waals surface area contributed by atoms with Crippen LogP contribution in [-0.4, -0.2) is 20.7 Å². The number of benzene rings is 1. The number of carbonyl (C=O) groups excluding carboxylic acids is 1. The van der Waals surface area contributed by atoms with Crippen molar-refractivity contribution in [3.8, 4) is 11.6 Å². The summed E-state index contributed by atoms with van der Waals surface area (Å²) in [6.45, 7) is 4.46. The average Bonchev–Trinajstić information content (AvgIpc) is 2.92. The van der Waals surface area contributed by atoms with Gasteiger partial charge in [-0.25, -0.2) is 4.98 Å². The lowest BCUT2D eigenvalue weighted by molar-refractivity contribution is -0.116. The summed E-state index contributed by atoms with van der Waals surface area (Å²) in [5.74, 6) is 1.07. The lowest BCUT2D eigenvalue weighted by Gasteiger charge is -2.08. The molecule has 1 amide bonds. The van der Waals surface area contributed by atoms with Gasteiger partial charge in [0.05, 0.1) is 17.6 Å². The Morgan fingerprint density at radius 2 is 2.08 bits per heavy atom. The molecule has 0 aliphatic rings. The maximum absolute atomic E-state index is 12.1. The first kappa shape index (κ1) is 18.1. The molecule has 0 spiro atoms. The van der Waals surface area contributed by atoms with E-state index in [0.717, 1.165) is 15.9 Å². The van der Waals surface area contributed by atoms with Crippen LogP contribution in [0.4, 0.5) is 5.69 Å². The van der Waals surface area contributed by atoms with Crippen molar-refractivity contribution >= 4 is 27.5 Å². The Labute approximate surface area is 160 Å². The third-order valence-electron chi connectivity index (χ3n) is 3.69. The van der Waals surface area contributed by atoms with E-state index in [9.17, 15) is 4.79 Å². The number of aromatic nitrogens is 3. The summed E-state index contributed by atoms with van der Waals surface area (Å²) in [7, 11) is 0. The van der Waals surface area contributed by atoms with Crippen LogP contribution in [-0.2, 0) is 11.3 Å². The third-order valence-corrected chi connectivity index (χ3v) is 4.19. The zero-order valence-corrected chi connectivity index (χ0v) is 16.2. The molecular weight excluding hydrogens is 396 g/mol. The van der Waals surface area contributed by atoms with Gasteiger partial charge < -0.3 is 10.1 Å². The number of nitrogens with zero attached hydrogens (tertiary/aromatic N) is 3. The molecular formula is C19H19BrN4O2. The number of hydrogen-bond donors (Lipinski definition) is 1. The van der Waals surface area contributed by atoms with Crippen molar-refractivity contribution in [2.45, 2.75) is 26.8 Å². The normalized spacial score (nSPS) is 10.6. The highest BCUT2D eigenvalue weighted by molar-refractivity contribution is 9.10. The number of aryl methyl sites for hydroxylation is 3. The van der Waals surface area contributed by atoms with Gasteiger partial charge >= 0.3 is 0 Å². The van der Waals surface area contributed by atoms with Crippen LogP contribution in [0.15, 0.2) is 53.1 Å². The Balaban J connectivity index is 1.53. The van der Waals surface area contributed by atoms with Crippen LogP contribution in [0.3, 0.4) is 0 Å². The molecule has 2 heterocycles. The maximum atomic E-state index is 12.1. The van der Waals surface area contributed by atoms with Gasteiger partial charge in [-0.05, 0) is 44.2 Å². The fraction of sp³-hybridized carbons (Fsp3) is 0.211. The molecule has 0 radical (unpaired) electrons. The lowest BCUT2D eigenvalue weighted by atomic mass is 10.3. The van der Waals surface area contributed by atoms with Crippen LogP contribution in [0.1, 0.15) is 17.8 Å². The van der Waals surface area contributed by atoms with Crippen LogP contribution in [0.25, 0.3) is 0 Å². The number of amides is 1. The summed E-state index contributed by atoms with van der Waals surface area (Å²) in [6.07, 6.45) is 1.92. The molecule has 0 saturated heterocycles. The number of hydrogen-bond acceptors (Lipinski definition) is 4. The predicted molar refractivity (Wildman–Crippen MR) is 103 cm³/mol. The summed E-state index contributed by atoms with van der Waals surface area (Å²) in [5, 5.41) is 7.18. The van der Waals surface area contributed by atoms with Crippen molar-refractivity contribution in [1.82, 2.24) is 14.8 Å². The quantitative estimate of drug-likeness (QED) is 0.645. The lowest BCUT2D eigenvalue weighted by Crippen LogP contribution is -2.15. The Bertz CT molecular complexity index is 906. The molecule has 0 atom stereocenters. The van der Waals surface area contributed by atoms with Gasteiger partial charge in [0.2, 0.25) is 11.8 Å². The summed E-state index contributed by atoms with van der Waals surface area (Å²) in [6, 6.07) is 13.0. The maximum Gasteiger partial charge on any atom is 0.226 e. The summed E-state index contributed by atoms with van der Waals surface area (Å²) in [4.78, 5) is 16.3. The standard InChI is InChI=1S/C19H19BrN4O2/c1-13-10-14(2)24(23-13)9-8-18(25)22-16-6-7-19(21-12-16)26-17-5-3-4-15(20)11-17/h3-7,10-12H,8-9H2,1-2H3,(H,22,25). The predicted octanol–water partition coefficient (Wildman–Crippen LogP) is 4.48. The van der Waals surface area contributed by atoms with Crippen LogP contribution in [0.5, 0.6) is 11.6 Å². The Morgan fingerprint density at radius 1 is 1.23 bits per heavy atom. The molecule has 3 rings (SSSR count). The first-order chi connectivity index (χ1) is 12.5. The second-order valence-corrected chi connectivity index (χ2v) is 6.81. The fourth-order valence-electron chi connectivity index (χ4n) is 2.50. The van der Waals surface area contributed by atoms with Crippen LogP contribution in [0, 0.1) is 13.8 Å². The molecule has 7 heteroatoms. The fourth-order valence-corrected chi connectivity index (χ4v) is 2.88. The zero-order chi connectivity index (χ0) is 18.5. The Morgan fingerprint density at radius 3 is 2.73 bits per heavy atom. The van der Waals surface area contributed by atoms with Crippen LogP contribution < -0.4 is 10.1 Å². The monoisotopic (exact) mass is 414 g/mol. The summed E-state index contributed by atoms with van der Waals surface area (Å²) in [5.41, 5.74) is 2.63. The van der Waals surface area contributed by atoms with Gasteiger partial charge in [0.1, 0.15) is 5.75 Å². The molecule has 134 valence electrons. The topological polar surface area (TPSA) is 69.0 Å². The van der Waals surface area contributed by atoms with E-state index >= 15 is 0 Å². The highest BCUT2D eigenvalue weighted by Crippen LogP contribution is 2.23. The molecule has 1 aromatic carbocycles. The minimum atomic E-state index is -0.0833. The SMILES string of the molecule is Cc1cc(C)n(CCC(=O)Nc2ccc(Oc3cccc(Br)c3)nc2)n1. The van der Waals surface area contributed by atoms with E-state index in [1.165, 1.54) is 0 Å². The van der Waals surface area contributed by atoms with Crippen molar-refractivity contribution in [1.29, 1.82) is 0 Å². The number of anilines is 1. The van der Waals surface area contributed by atoms with Crippen molar-refractivity contribution in [2.24, 2.45) is 0 Å². The largest absolute Gasteiger partial charge is 0.439 e. The molecule has 26 heavy (non-hydrogen) atoms. The van der Waals surface area contributed by atoms with Gasteiger partial charge in [0.15, 0.2) is 0 Å². The number of halogens is 1. The molecule has 3 aromatic rings. The van der Waals surface area contributed by atoms with E-state index in [-0.39, 0.29) is 5.91 Å². The van der Waals surface area contributed by atoms with Gasteiger partial charge in [0, 0.05) is 29.2 Å². The second kappa shape index (κ2) is 8.14. The van der Waals surface area contributed by atoms with E-state index < -0.39 is 0 Å². The Hall–Kier alpha value is -2.67. The molecule has 0 aliphatic carbocycles. The molecule has 0 bridgehead atoms. The second-order valence-electron chi connectivity index (χ2n) is 5.89. The zero-order valence-electron chi connectivity index (χ0n) is 14.6. The molecule has 0 fully saturated rings. The number of ether oxygens (including phenoxy) is 1. The van der Waals surface area contributed by atoms with Crippen molar-refractivity contribution in [3.05, 3.63) is 64.5 Å². The molecule has 0 unspecified atom stereocenters. The number of nitrogens with one attached hydrogen (secondary N) is 1. The van der Waals surface area contributed by atoms with E-state index in [2.05, 4.69) is 31.3 Å². The van der Waals surface area contributed by atoms with Crippen molar-refractivity contribution in [2.75, 3.05) is 5.32 Å². The van der Waals surface area contributed by atoms with E-state index in [0.29, 0.717) is 30.3 Å². The van der Waals surface area contributed by atoms with Gasteiger partial charge in [-0.3, -0.25) is 9.48 Å². The van der Waals surface area contributed by atoms with E-state index in [4.69, 9.17) is 4.74 Å². The number of pyridine rings is 1. The smallest absolute Gasteiger partial charge is 0.226 e. The first-order valence-corrected chi connectivity index (χ1v) is 8.99. The van der Waals surface area contributed by atoms with Crippen LogP contribution >= 0.6 is 15.9 Å². The van der Waals surface area contributed by atoms with Gasteiger partial charge in [-0.15, -0.1) is 0 Å². The molecule has 0 saturated carbocycles. The Kier molecular flexibility index (Phi) is 5.68. The molecule has 2 aromatic heterocycles. The average molecular weight is 415 g/mol. The van der Waals surface area contributed by atoms with Gasteiger partial charge in [-0.1, -0.05) is 22.0 Å². The van der Waals surface area contributed by atoms with Crippen molar-refractivity contribution < 1.29 is 9.53 Å². The minimum absolute atomic E-state index is 0.0833. The third kappa shape index (κ3) is 4.92. The molecule has 0 aliphatic heterocycles. The van der Waals surface area contributed by atoms with Crippen LogP contribution in [0.2, 0.25) is 0 Å². The van der Waals surface area contributed by atoms with Gasteiger partial charge in [0.25, 0.3) is 0 Å². The molecule has 6 nitrogen and oxygen atoms in total. The van der Waals surface area contributed by atoms with Crippen molar-refractivity contribution in [3.63, 3.8) is 0 Å². The highest BCUT2D eigenvalue weighted by Gasteiger charge is 2.07. The summed E-state index contributed by atoms with van der Waals surface area (Å²) >= 11 is 3.40. The minimum Gasteiger partial charge on any atom is -0.439 e. The number of carbonyl (C=O) groups is 1.